The van der Waals surface area contributed by atoms with Crippen molar-refractivity contribution in [3.8, 4) is 0 Å². The van der Waals surface area contributed by atoms with Crippen molar-refractivity contribution in [1.29, 1.82) is 0 Å². The lowest BCUT2D eigenvalue weighted by atomic mass is 10.1. The molecular weight excluding hydrogens is 279 g/mol. The molecule has 0 amide bonds. The molecule has 2 rings (SSSR count). The summed E-state index contributed by atoms with van der Waals surface area (Å²) in [6, 6.07) is 1.26. The van der Waals surface area contributed by atoms with Crippen molar-refractivity contribution >= 4 is 11.6 Å². The van der Waals surface area contributed by atoms with Gasteiger partial charge in [-0.05, 0) is 31.5 Å². The van der Waals surface area contributed by atoms with E-state index in [-0.39, 0.29) is 11.9 Å². The van der Waals surface area contributed by atoms with E-state index in [1.807, 2.05) is 11.6 Å². The Hall–Kier alpha value is -1.46. The monoisotopic (exact) mass is 296 g/mol. The first-order valence-corrected chi connectivity index (χ1v) is 7.10. The molecule has 2 aromatic rings. The topological polar surface area (TPSA) is 42.7 Å². The van der Waals surface area contributed by atoms with E-state index < -0.39 is 0 Å². The number of aromatic nitrogens is 3. The van der Waals surface area contributed by atoms with Gasteiger partial charge in [-0.3, -0.25) is 9.67 Å². The molecule has 0 spiro atoms. The van der Waals surface area contributed by atoms with Gasteiger partial charge in [0.15, 0.2) is 0 Å². The van der Waals surface area contributed by atoms with Crippen LogP contribution in [0.15, 0.2) is 24.7 Å². The van der Waals surface area contributed by atoms with Crippen molar-refractivity contribution in [2.75, 3.05) is 6.54 Å². The van der Waals surface area contributed by atoms with Gasteiger partial charge in [0.2, 0.25) is 0 Å². The number of hydrogen-bond acceptors (Lipinski definition) is 3. The third-order valence-corrected chi connectivity index (χ3v) is 3.36. The van der Waals surface area contributed by atoms with Gasteiger partial charge < -0.3 is 5.32 Å². The second kappa shape index (κ2) is 6.81. The third kappa shape index (κ3) is 3.16. The van der Waals surface area contributed by atoms with Crippen LogP contribution < -0.4 is 5.32 Å². The van der Waals surface area contributed by atoms with Gasteiger partial charge in [-0.25, -0.2) is 4.39 Å². The molecule has 1 N–H and O–H groups in total. The Morgan fingerprint density at radius 3 is 2.80 bits per heavy atom. The zero-order chi connectivity index (χ0) is 14.5. The fourth-order valence-corrected chi connectivity index (χ4v) is 2.41. The quantitative estimate of drug-likeness (QED) is 0.890. The average molecular weight is 297 g/mol. The molecule has 0 aliphatic carbocycles. The van der Waals surface area contributed by atoms with Crippen molar-refractivity contribution in [2.45, 2.75) is 32.9 Å². The molecule has 0 saturated heterocycles. The SMILES string of the molecule is CCCNC(c1cncc(F)c1)c1c(Cl)cnn1CC. The molecule has 0 radical (unpaired) electrons. The van der Waals surface area contributed by atoms with Crippen molar-refractivity contribution in [1.82, 2.24) is 20.1 Å². The zero-order valence-electron chi connectivity index (χ0n) is 11.6. The van der Waals surface area contributed by atoms with Gasteiger partial charge in [0.1, 0.15) is 5.82 Å². The van der Waals surface area contributed by atoms with Crippen LogP contribution >= 0.6 is 11.6 Å². The van der Waals surface area contributed by atoms with Crippen LogP contribution in [0.1, 0.15) is 37.6 Å². The van der Waals surface area contributed by atoms with E-state index >= 15 is 0 Å². The molecule has 1 unspecified atom stereocenters. The van der Waals surface area contributed by atoms with E-state index in [2.05, 4.69) is 22.3 Å². The highest BCUT2D eigenvalue weighted by molar-refractivity contribution is 6.31. The number of hydrogen-bond donors (Lipinski definition) is 1. The van der Waals surface area contributed by atoms with E-state index in [4.69, 9.17) is 11.6 Å². The molecule has 0 bridgehead atoms. The molecule has 1 atom stereocenters. The van der Waals surface area contributed by atoms with Crippen LogP contribution in [0.4, 0.5) is 4.39 Å². The van der Waals surface area contributed by atoms with Gasteiger partial charge in [-0.2, -0.15) is 5.10 Å². The highest BCUT2D eigenvalue weighted by Crippen LogP contribution is 2.28. The maximum absolute atomic E-state index is 13.4. The largest absolute Gasteiger partial charge is 0.305 e. The number of aryl methyl sites for hydroxylation is 1. The molecule has 0 saturated carbocycles. The van der Waals surface area contributed by atoms with Gasteiger partial charge >= 0.3 is 0 Å². The Labute approximate surface area is 123 Å². The van der Waals surface area contributed by atoms with Crippen LogP contribution in [-0.2, 0) is 6.54 Å². The first kappa shape index (κ1) is 14.9. The van der Waals surface area contributed by atoms with E-state index in [0.29, 0.717) is 11.6 Å². The smallest absolute Gasteiger partial charge is 0.141 e. The van der Waals surface area contributed by atoms with Crippen LogP contribution in [0, 0.1) is 5.82 Å². The Morgan fingerprint density at radius 2 is 2.15 bits per heavy atom. The first-order chi connectivity index (χ1) is 9.67. The number of pyridine rings is 1. The summed E-state index contributed by atoms with van der Waals surface area (Å²) in [6.07, 6.45) is 5.43. The van der Waals surface area contributed by atoms with Crippen LogP contribution in [0.2, 0.25) is 5.02 Å². The predicted octanol–water partition coefficient (Wildman–Crippen LogP) is 3.18. The Bertz CT molecular complexity index is 570. The molecule has 2 aromatic heterocycles. The van der Waals surface area contributed by atoms with Crippen molar-refractivity contribution in [3.63, 3.8) is 0 Å². The van der Waals surface area contributed by atoms with E-state index in [9.17, 15) is 4.39 Å². The van der Waals surface area contributed by atoms with E-state index in [1.165, 1.54) is 12.3 Å². The summed E-state index contributed by atoms with van der Waals surface area (Å²) in [5, 5.41) is 8.19. The number of nitrogens with one attached hydrogen (secondary N) is 1. The zero-order valence-corrected chi connectivity index (χ0v) is 12.4. The summed E-state index contributed by atoms with van der Waals surface area (Å²) in [5.41, 5.74) is 1.59. The summed E-state index contributed by atoms with van der Waals surface area (Å²) < 4.78 is 15.2. The van der Waals surface area contributed by atoms with Crippen LogP contribution in [0.3, 0.4) is 0 Å². The van der Waals surface area contributed by atoms with Crippen molar-refractivity contribution < 1.29 is 4.39 Å². The second-order valence-corrected chi connectivity index (χ2v) is 4.92. The molecule has 0 aliphatic rings. The Balaban J connectivity index is 2.44. The number of rotatable bonds is 6. The lowest BCUT2D eigenvalue weighted by Gasteiger charge is -2.20. The van der Waals surface area contributed by atoms with Gasteiger partial charge in [-0.1, -0.05) is 18.5 Å². The maximum Gasteiger partial charge on any atom is 0.141 e. The van der Waals surface area contributed by atoms with E-state index in [1.54, 1.807) is 12.4 Å². The fourth-order valence-electron chi connectivity index (χ4n) is 2.16. The molecule has 4 nitrogen and oxygen atoms in total. The van der Waals surface area contributed by atoms with Gasteiger partial charge in [-0.15, -0.1) is 0 Å². The molecule has 0 aliphatic heterocycles. The highest BCUT2D eigenvalue weighted by atomic mass is 35.5. The minimum Gasteiger partial charge on any atom is -0.305 e. The number of halogens is 2. The molecule has 6 heteroatoms. The summed E-state index contributed by atoms with van der Waals surface area (Å²) in [6.45, 7) is 5.57. The second-order valence-electron chi connectivity index (χ2n) is 4.52. The molecule has 0 aromatic carbocycles. The average Bonchev–Trinajstić information content (AvgIpc) is 2.81. The molecule has 20 heavy (non-hydrogen) atoms. The minimum atomic E-state index is -0.357. The van der Waals surface area contributed by atoms with Crippen molar-refractivity contribution in [3.05, 3.63) is 46.8 Å². The number of nitrogens with zero attached hydrogens (tertiary/aromatic N) is 3. The fraction of sp³-hybridized carbons (Fsp3) is 0.429. The van der Waals surface area contributed by atoms with Crippen LogP contribution in [0.5, 0.6) is 0 Å². The third-order valence-electron chi connectivity index (χ3n) is 3.06. The molecular formula is C14H18ClFN4. The van der Waals surface area contributed by atoms with Gasteiger partial charge in [0, 0.05) is 12.7 Å². The van der Waals surface area contributed by atoms with E-state index in [0.717, 1.165) is 24.2 Å². The first-order valence-electron chi connectivity index (χ1n) is 6.72. The Morgan fingerprint density at radius 1 is 1.35 bits per heavy atom. The standard InChI is InChI=1S/C14H18ClFN4/c1-3-5-18-13(10-6-11(16)8-17-7-10)14-12(15)9-19-20(14)4-2/h6-9,13,18H,3-5H2,1-2H3. The summed E-state index contributed by atoms with van der Waals surface area (Å²) in [5.74, 6) is -0.357. The maximum atomic E-state index is 13.4. The Kier molecular flexibility index (Phi) is 5.09. The normalized spacial score (nSPS) is 12.6. The summed E-state index contributed by atoms with van der Waals surface area (Å²) in [4.78, 5) is 3.92. The van der Waals surface area contributed by atoms with Crippen LogP contribution in [-0.4, -0.2) is 21.3 Å². The van der Waals surface area contributed by atoms with Gasteiger partial charge in [0.05, 0.1) is 29.2 Å². The van der Waals surface area contributed by atoms with Crippen LogP contribution in [0.25, 0.3) is 0 Å². The predicted molar refractivity (Wildman–Crippen MR) is 77.2 cm³/mol. The van der Waals surface area contributed by atoms with Crippen molar-refractivity contribution in [2.24, 2.45) is 0 Å². The lowest BCUT2D eigenvalue weighted by Crippen LogP contribution is -2.26. The molecule has 2 heterocycles. The highest BCUT2D eigenvalue weighted by Gasteiger charge is 2.22. The summed E-state index contributed by atoms with van der Waals surface area (Å²) >= 11 is 6.25. The lowest BCUT2D eigenvalue weighted by molar-refractivity contribution is 0.524. The molecule has 0 fully saturated rings. The van der Waals surface area contributed by atoms with Gasteiger partial charge in [0.25, 0.3) is 0 Å². The summed E-state index contributed by atoms with van der Waals surface area (Å²) in [7, 11) is 0. The minimum absolute atomic E-state index is 0.215. The molecule has 108 valence electrons.